The van der Waals surface area contributed by atoms with Crippen LogP contribution in [0.2, 0.25) is 0 Å². The SMILES string of the molecule is NCC(Nc1nccc2sccc12)C1CCCCC1. The standard InChI is InChI=1S/C15H21N3S/c16-10-13(11-4-2-1-3-5-11)18-15-12-7-9-19-14(12)6-8-17-15/h6-9,11,13H,1-5,10,16H2,(H,17,18). The molecule has 1 saturated carbocycles. The molecule has 1 atom stereocenters. The molecule has 3 N–H and O–H groups in total. The minimum absolute atomic E-state index is 0.360. The third-order valence-corrected chi connectivity index (χ3v) is 5.06. The zero-order valence-electron chi connectivity index (χ0n) is 11.1. The van der Waals surface area contributed by atoms with Gasteiger partial charge in [0.1, 0.15) is 5.82 Å². The summed E-state index contributed by atoms with van der Waals surface area (Å²) < 4.78 is 1.29. The molecule has 0 bridgehead atoms. The molecule has 0 spiro atoms. The predicted octanol–water partition coefficient (Wildman–Crippen LogP) is 3.62. The number of nitrogens with two attached hydrogens (primary N) is 1. The Kier molecular flexibility index (Phi) is 3.99. The van der Waals surface area contributed by atoms with Gasteiger partial charge >= 0.3 is 0 Å². The van der Waals surface area contributed by atoms with Crippen molar-refractivity contribution >= 4 is 27.2 Å². The van der Waals surface area contributed by atoms with E-state index in [0.29, 0.717) is 18.5 Å². The smallest absolute Gasteiger partial charge is 0.134 e. The third-order valence-electron chi connectivity index (χ3n) is 4.17. The maximum absolute atomic E-state index is 5.98. The highest BCUT2D eigenvalue weighted by atomic mass is 32.1. The van der Waals surface area contributed by atoms with Crippen molar-refractivity contribution in [2.45, 2.75) is 38.1 Å². The normalized spacial score (nSPS) is 18.6. The van der Waals surface area contributed by atoms with Gasteiger partial charge in [-0.2, -0.15) is 0 Å². The quantitative estimate of drug-likeness (QED) is 0.896. The van der Waals surface area contributed by atoms with Crippen molar-refractivity contribution in [1.29, 1.82) is 0 Å². The fraction of sp³-hybridized carbons (Fsp3) is 0.533. The van der Waals surface area contributed by atoms with Crippen LogP contribution in [0.1, 0.15) is 32.1 Å². The molecule has 3 nitrogen and oxygen atoms in total. The molecule has 0 aromatic carbocycles. The van der Waals surface area contributed by atoms with Crippen molar-refractivity contribution in [2.75, 3.05) is 11.9 Å². The second-order valence-electron chi connectivity index (χ2n) is 5.38. The average molecular weight is 275 g/mol. The highest BCUT2D eigenvalue weighted by molar-refractivity contribution is 7.17. The van der Waals surface area contributed by atoms with Crippen molar-refractivity contribution in [2.24, 2.45) is 11.7 Å². The van der Waals surface area contributed by atoms with E-state index in [1.54, 1.807) is 11.3 Å². The van der Waals surface area contributed by atoms with Gasteiger partial charge in [0.15, 0.2) is 0 Å². The number of hydrogen-bond acceptors (Lipinski definition) is 4. The summed E-state index contributed by atoms with van der Waals surface area (Å²) in [4.78, 5) is 4.50. The number of thiophene rings is 1. The summed E-state index contributed by atoms with van der Waals surface area (Å²) in [6.45, 7) is 0.687. The zero-order chi connectivity index (χ0) is 13.1. The van der Waals surface area contributed by atoms with Gasteiger partial charge in [-0.3, -0.25) is 0 Å². The summed E-state index contributed by atoms with van der Waals surface area (Å²) in [5.74, 6) is 1.70. The van der Waals surface area contributed by atoms with Gasteiger partial charge in [0.05, 0.1) is 0 Å². The summed E-state index contributed by atoms with van der Waals surface area (Å²) in [5, 5.41) is 6.94. The van der Waals surface area contributed by atoms with E-state index < -0.39 is 0 Å². The molecule has 102 valence electrons. The molecule has 0 aliphatic heterocycles. The maximum atomic E-state index is 5.98. The summed E-state index contributed by atoms with van der Waals surface area (Å²) in [7, 11) is 0. The molecule has 0 radical (unpaired) electrons. The monoisotopic (exact) mass is 275 g/mol. The number of nitrogens with zero attached hydrogens (tertiary/aromatic N) is 1. The topological polar surface area (TPSA) is 50.9 Å². The minimum Gasteiger partial charge on any atom is -0.365 e. The Bertz CT molecular complexity index is 531. The fourth-order valence-corrected chi connectivity index (χ4v) is 3.87. The Morgan fingerprint density at radius 2 is 2.16 bits per heavy atom. The first-order chi connectivity index (χ1) is 9.38. The van der Waals surface area contributed by atoms with Crippen LogP contribution in [0.3, 0.4) is 0 Å². The van der Waals surface area contributed by atoms with E-state index in [-0.39, 0.29) is 0 Å². The second kappa shape index (κ2) is 5.88. The number of fused-ring (bicyclic) bond motifs is 1. The van der Waals surface area contributed by atoms with E-state index in [1.165, 1.54) is 42.2 Å². The molecule has 1 aliphatic rings. The average Bonchev–Trinajstić information content (AvgIpc) is 2.95. The lowest BCUT2D eigenvalue weighted by Gasteiger charge is -2.30. The summed E-state index contributed by atoms with van der Waals surface area (Å²) in [5.41, 5.74) is 5.98. The van der Waals surface area contributed by atoms with Gasteiger partial charge in [0.2, 0.25) is 0 Å². The Balaban J connectivity index is 1.79. The first-order valence-electron chi connectivity index (χ1n) is 7.17. The van der Waals surface area contributed by atoms with Crippen molar-refractivity contribution in [1.82, 2.24) is 4.98 Å². The van der Waals surface area contributed by atoms with Crippen LogP contribution in [-0.2, 0) is 0 Å². The largest absolute Gasteiger partial charge is 0.365 e. The second-order valence-corrected chi connectivity index (χ2v) is 6.32. The van der Waals surface area contributed by atoms with E-state index >= 15 is 0 Å². The van der Waals surface area contributed by atoms with Crippen LogP contribution in [0.5, 0.6) is 0 Å². The van der Waals surface area contributed by atoms with Crippen LogP contribution >= 0.6 is 11.3 Å². The molecular weight excluding hydrogens is 254 g/mol. The van der Waals surface area contributed by atoms with Crippen LogP contribution in [0.15, 0.2) is 23.7 Å². The van der Waals surface area contributed by atoms with Gasteiger partial charge in [0.25, 0.3) is 0 Å². The van der Waals surface area contributed by atoms with E-state index in [0.717, 1.165) is 5.82 Å². The molecule has 2 heterocycles. The van der Waals surface area contributed by atoms with Gasteiger partial charge < -0.3 is 11.1 Å². The van der Waals surface area contributed by atoms with Crippen molar-refractivity contribution in [3.8, 4) is 0 Å². The molecule has 1 unspecified atom stereocenters. The van der Waals surface area contributed by atoms with E-state index in [4.69, 9.17) is 5.73 Å². The van der Waals surface area contributed by atoms with E-state index in [9.17, 15) is 0 Å². The first kappa shape index (κ1) is 12.9. The van der Waals surface area contributed by atoms with Crippen LogP contribution in [0.25, 0.3) is 10.1 Å². The highest BCUT2D eigenvalue weighted by Gasteiger charge is 2.23. The maximum Gasteiger partial charge on any atom is 0.134 e. The number of pyridine rings is 1. The highest BCUT2D eigenvalue weighted by Crippen LogP contribution is 2.30. The molecule has 3 rings (SSSR count). The van der Waals surface area contributed by atoms with Crippen LogP contribution in [0, 0.1) is 5.92 Å². The Labute approximate surface area is 118 Å². The van der Waals surface area contributed by atoms with Crippen LogP contribution in [0.4, 0.5) is 5.82 Å². The summed E-state index contributed by atoms with van der Waals surface area (Å²) >= 11 is 1.76. The lowest BCUT2D eigenvalue weighted by Crippen LogP contribution is -2.37. The summed E-state index contributed by atoms with van der Waals surface area (Å²) in [6.07, 6.45) is 8.56. The molecule has 1 aliphatic carbocycles. The van der Waals surface area contributed by atoms with Crippen LogP contribution < -0.4 is 11.1 Å². The Morgan fingerprint density at radius 3 is 2.95 bits per heavy atom. The molecule has 0 saturated heterocycles. The van der Waals surface area contributed by atoms with Crippen LogP contribution in [-0.4, -0.2) is 17.6 Å². The molecule has 19 heavy (non-hydrogen) atoms. The molecular formula is C15H21N3S. The molecule has 2 aromatic heterocycles. The number of anilines is 1. The lowest BCUT2D eigenvalue weighted by atomic mass is 9.84. The first-order valence-corrected chi connectivity index (χ1v) is 8.05. The molecule has 0 amide bonds. The zero-order valence-corrected chi connectivity index (χ0v) is 12.0. The molecule has 2 aromatic rings. The third kappa shape index (κ3) is 2.74. The predicted molar refractivity (Wildman–Crippen MR) is 82.7 cm³/mol. The van der Waals surface area contributed by atoms with Crippen molar-refractivity contribution in [3.63, 3.8) is 0 Å². The van der Waals surface area contributed by atoms with Gasteiger partial charge in [-0.05, 0) is 36.3 Å². The van der Waals surface area contributed by atoms with E-state index in [2.05, 4.69) is 27.8 Å². The van der Waals surface area contributed by atoms with Gasteiger partial charge in [0, 0.05) is 28.9 Å². The molecule has 1 fully saturated rings. The van der Waals surface area contributed by atoms with Gasteiger partial charge in [-0.25, -0.2) is 4.98 Å². The minimum atomic E-state index is 0.360. The Hall–Kier alpha value is -1.13. The van der Waals surface area contributed by atoms with Crippen molar-refractivity contribution < 1.29 is 0 Å². The fourth-order valence-electron chi connectivity index (χ4n) is 3.09. The number of hydrogen-bond donors (Lipinski definition) is 2. The lowest BCUT2D eigenvalue weighted by molar-refractivity contribution is 0.320. The summed E-state index contributed by atoms with van der Waals surface area (Å²) in [6, 6.07) is 4.57. The van der Waals surface area contributed by atoms with Gasteiger partial charge in [-0.15, -0.1) is 11.3 Å². The number of rotatable bonds is 4. The van der Waals surface area contributed by atoms with Gasteiger partial charge in [-0.1, -0.05) is 19.3 Å². The molecule has 4 heteroatoms. The number of nitrogens with one attached hydrogen (secondary N) is 1. The van der Waals surface area contributed by atoms with E-state index in [1.807, 2.05) is 6.20 Å². The van der Waals surface area contributed by atoms with Crippen molar-refractivity contribution in [3.05, 3.63) is 23.7 Å². The Morgan fingerprint density at radius 1 is 1.32 bits per heavy atom. The number of aromatic nitrogens is 1.